The Labute approximate surface area is 118 Å². The van der Waals surface area contributed by atoms with E-state index < -0.39 is 5.60 Å². The molecule has 2 N–H and O–H groups in total. The molecule has 1 rings (SSSR count). The lowest BCUT2D eigenvalue weighted by atomic mass is 9.93. The molecule has 108 valence electrons. The van der Waals surface area contributed by atoms with E-state index in [2.05, 4.69) is 50.4 Å². The molecule has 1 aromatic rings. The summed E-state index contributed by atoms with van der Waals surface area (Å²) in [5.74, 6) is 0. The summed E-state index contributed by atoms with van der Waals surface area (Å²) in [6.07, 6.45) is 3.74. The topological polar surface area (TPSA) is 32.3 Å². The zero-order chi connectivity index (χ0) is 14.4. The first-order valence-corrected chi connectivity index (χ1v) is 7.30. The van der Waals surface area contributed by atoms with Crippen LogP contribution in [-0.4, -0.2) is 22.8 Å². The van der Waals surface area contributed by atoms with Crippen LogP contribution in [0.5, 0.6) is 0 Å². The predicted molar refractivity (Wildman–Crippen MR) is 82.4 cm³/mol. The Morgan fingerprint density at radius 3 is 2.21 bits per heavy atom. The van der Waals surface area contributed by atoms with Gasteiger partial charge in [0.15, 0.2) is 0 Å². The smallest absolute Gasteiger partial charge is 0.0632 e. The minimum absolute atomic E-state index is 0.125. The highest BCUT2D eigenvalue weighted by molar-refractivity contribution is 5.14. The fraction of sp³-hybridized carbons (Fsp3) is 0.647. The van der Waals surface area contributed by atoms with Crippen molar-refractivity contribution in [3.05, 3.63) is 35.9 Å². The van der Waals surface area contributed by atoms with Crippen LogP contribution >= 0.6 is 0 Å². The first-order chi connectivity index (χ1) is 8.79. The van der Waals surface area contributed by atoms with Crippen molar-refractivity contribution >= 4 is 0 Å². The molecule has 0 saturated carbocycles. The van der Waals surface area contributed by atoms with Gasteiger partial charge in [0, 0.05) is 5.54 Å². The van der Waals surface area contributed by atoms with Crippen molar-refractivity contribution in [2.75, 3.05) is 6.54 Å². The molecule has 2 heteroatoms. The normalized spacial score (nSPS) is 15.2. The van der Waals surface area contributed by atoms with Gasteiger partial charge in [-0.25, -0.2) is 0 Å². The number of nitrogens with one attached hydrogen (secondary N) is 1. The van der Waals surface area contributed by atoms with E-state index in [1.165, 1.54) is 5.56 Å². The van der Waals surface area contributed by atoms with Crippen LogP contribution in [0.15, 0.2) is 30.3 Å². The molecule has 1 aromatic carbocycles. The van der Waals surface area contributed by atoms with Gasteiger partial charge in [0.05, 0.1) is 5.60 Å². The third-order valence-corrected chi connectivity index (χ3v) is 3.34. The Morgan fingerprint density at radius 2 is 1.63 bits per heavy atom. The van der Waals surface area contributed by atoms with E-state index in [1.54, 1.807) is 0 Å². The summed E-state index contributed by atoms with van der Waals surface area (Å²) in [5, 5.41) is 13.8. The van der Waals surface area contributed by atoms with Crippen LogP contribution in [0.3, 0.4) is 0 Å². The molecule has 0 amide bonds. The maximum Gasteiger partial charge on any atom is 0.0632 e. The maximum absolute atomic E-state index is 10.3. The number of hydrogen-bond donors (Lipinski definition) is 2. The quantitative estimate of drug-likeness (QED) is 0.788. The van der Waals surface area contributed by atoms with Gasteiger partial charge in [-0.1, -0.05) is 30.3 Å². The molecule has 0 heterocycles. The van der Waals surface area contributed by atoms with Crippen molar-refractivity contribution < 1.29 is 5.11 Å². The van der Waals surface area contributed by atoms with Gasteiger partial charge >= 0.3 is 0 Å². The third kappa shape index (κ3) is 8.02. The lowest BCUT2D eigenvalue weighted by molar-refractivity contribution is 0.0389. The summed E-state index contributed by atoms with van der Waals surface area (Å²) in [6.45, 7) is 9.26. The molecule has 0 fully saturated rings. The van der Waals surface area contributed by atoms with Crippen molar-refractivity contribution in [1.82, 2.24) is 5.32 Å². The zero-order valence-corrected chi connectivity index (χ0v) is 12.9. The Balaban J connectivity index is 2.23. The molecule has 0 aliphatic rings. The van der Waals surface area contributed by atoms with Gasteiger partial charge in [0.1, 0.15) is 0 Å². The number of benzene rings is 1. The van der Waals surface area contributed by atoms with E-state index in [1.807, 2.05) is 13.0 Å². The van der Waals surface area contributed by atoms with Crippen LogP contribution in [0.1, 0.15) is 52.5 Å². The van der Waals surface area contributed by atoms with Crippen molar-refractivity contribution in [3.63, 3.8) is 0 Å². The second kappa shape index (κ2) is 7.06. The first kappa shape index (κ1) is 16.2. The van der Waals surface area contributed by atoms with Crippen LogP contribution in [-0.2, 0) is 6.42 Å². The molecule has 19 heavy (non-hydrogen) atoms. The van der Waals surface area contributed by atoms with Gasteiger partial charge in [-0.05, 0) is 65.5 Å². The molecule has 2 nitrogen and oxygen atoms in total. The summed E-state index contributed by atoms with van der Waals surface area (Å²) < 4.78 is 0. The molecule has 0 aromatic heterocycles. The van der Waals surface area contributed by atoms with Gasteiger partial charge < -0.3 is 10.4 Å². The second-order valence-electron chi connectivity index (χ2n) is 6.76. The summed E-state index contributed by atoms with van der Waals surface area (Å²) in [7, 11) is 0. The first-order valence-electron chi connectivity index (χ1n) is 7.30. The van der Waals surface area contributed by atoms with E-state index in [0.717, 1.165) is 32.2 Å². The highest BCUT2D eigenvalue weighted by Gasteiger charge is 2.20. The van der Waals surface area contributed by atoms with E-state index >= 15 is 0 Å². The fourth-order valence-corrected chi connectivity index (χ4v) is 2.15. The third-order valence-electron chi connectivity index (χ3n) is 3.34. The van der Waals surface area contributed by atoms with E-state index in [9.17, 15) is 5.11 Å². The molecular formula is C17H29NO. The zero-order valence-electron chi connectivity index (χ0n) is 12.9. The number of aliphatic hydroxyl groups is 1. The monoisotopic (exact) mass is 263 g/mol. The van der Waals surface area contributed by atoms with Gasteiger partial charge in [0.2, 0.25) is 0 Å². The van der Waals surface area contributed by atoms with Crippen LogP contribution in [0.25, 0.3) is 0 Å². The fourth-order valence-electron chi connectivity index (χ4n) is 2.15. The Bertz CT molecular complexity index is 351. The lowest BCUT2D eigenvalue weighted by Gasteiger charge is -2.27. The molecule has 0 aliphatic heterocycles. The van der Waals surface area contributed by atoms with Gasteiger partial charge in [0.25, 0.3) is 0 Å². The second-order valence-corrected chi connectivity index (χ2v) is 6.76. The molecule has 1 unspecified atom stereocenters. The van der Waals surface area contributed by atoms with Crippen LogP contribution in [0, 0.1) is 0 Å². The summed E-state index contributed by atoms with van der Waals surface area (Å²) in [6, 6.07) is 10.5. The van der Waals surface area contributed by atoms with Crippen molar-refractivity contribution in [1.29, 1.82) is 0 Å². The van der Waals surface area contributed by atoms with E-state index in [0.29, 0.717) is 0 Å². The van der Waals surface area contributed by atoms with Gasteiger partial charge in [-0.3, -0.25) is 0 Å². The van der Waals surface area contributed by atoms with Crippen LogP contribution in [0.4, 0.5) is 0 Å². The predicted octanol–water partition coefficient (Wildman–Crippen LogP) is 3.54. The van der Waals surface area contributed by atoms with Crippen molar-refractivity contribution in [3.8, 4) is 0 Å². The SMILES string of the molecule is CC(O)(CCCc1ccccc1)CCNC(C)(C)C. The Morgan fingerprint density at radius 1 is 1.00 bits per heavy atom. The summed E-state index contributed by atoms with van der Waals surface area (Å²) in [5.41, 5.74) is 0.916. The Hall–Kier alpha value is -0.860. The summed E-state index contributed by atoms with van der Waals surface area (Å²) >= 11 is 0. The average molecular weight is 263 g/mol. The highest BCUT2D eigenvalue weighted by atomic mass is 16.3. The molecule has 0 radical (unpaired) electrons. The number of hydrogen-bond acceptors (Lipinski definition) is 2. The molecular weight excluding hydrogens is 234 g/mol. The standard InChI is InChI=1S/C17H29NO/c1-16(2,3)18-14-13-17(4,19)12-8-11-15-9-6-5-7-10-15/h5-7,9-10,18-19H,8,11-14H2,1-4H3. The number of aryl methyl sites for hydroxylation is 1. The molecule has 0 spiro atoms. The minimum atomic E-state index is -0.562. The van der Waals surface area contributed by atoms with Crippen LogP contribution < -0.4 is 5.32 Å². The molecule has 0 aliphatic carbocycles. The lowest BCUT2D eigenvalue weighted by Crippen LogP contribution is -2.39. The minimum Gasteiger partial charge on any atom is -0.390 e. The average Bonchev–Trinajstić information content (AvgIpc) is 2.28. The largest absolute Gasteiger partial charge is 0.390 e. The summed E-state index contributed by atoms with van der Waals surface area (Å²) in [4.78, 5) is 0. The molecule has 0 bridgehead atoms. The number of rotatable bonds is 7. The molecule has 1 atom stereocenters. The van der Waals surface area contributed by atoms with Crippen molar-refractivity contribution in [2.45, 2.75) is 64.5 Å². The Kier molecular flexibility index (Phi) is 6.02. The maximum atomic E-state index is 10.3. The van der Waals surface area contributed by atoms with E-state index in [4.69, 9.17) is 0 Å². The highest BCUT2D eigenvalue weighted by Crippen LogP contribution is 2.18. The van der Waals surface area contributed by atoms with Crippen molar-refractivity contribution in [2.24, 2.45) is 0 Å². The van der Waals surface area contributed by atoms with Gasteiger partial charge in [-0.15, -0.1) is 0 Å². The van der Waals surface area contributed by atoms with E-state index in [-0.39, 0.29) is 5.54 Å². The molecule has 0 saturated heterocycles. The van der Waals surface area contributed by atoms with Crippen LogP contribution in [0.2, 0.25) is 0 Å². The van der Waals surface area contributed by atoms with Gasteiger partial charge in [-0.2, -0.15) is 0 Å².